The van der Waals surface area contributed by atoms with Gasteiger partial charge in [0.1, 0.15) is 5.56 Å². The second-order valence-corrected chi connectivity index (χ2v) is 7.91. The van der Waals surface area contributed by atoms with Crippen molar-refractivity contribution in [3.05, 3.63) is 28.7 Å². The van der Waals surface area contributed by atoms with E-state index >= 15 is 0 Å². The van der Waals surface area contributed by atoms with E-state index in [2.05, 4.69) is 34.6 Å². The number of aryl methyl sites for hydroxylation is 2. The minimum absolute atomic E-state index is 0.128. The van der Waals surface area contributed by atoms with Gasteiger partial charge in [-0.25, -0.2) is 14.3 Å². The van der Waals surface area contributed by atoms with E-state index in [0.717, 1.165) is 23.4 Å². The second-order valence-electron chi connectivity index (χ2n) is 7.91. The normalized spacial score (nSPS) is 12.1. The number of nitrogens with one attached hydrogen (secondary N) is 2. The number of fused-ring (bicyclic) bond motifs is 1. The Balaban J connectivity index is 2.00. The highest BCUT2D eigenvalue weighted by Crippen LogP contribution is 2.18. The summed E-state index contributed by atoms with van der Waals surface area (Å²) < 4.78 is 6.51. The van der Waals surface area contributed by atoms with E-state index in [1.165, 1.54) is 6.20 Å². The Morgan fingerprint density at radius 1 is 1.26 bits per heavy atom. The fourth-order valence-corrected chi connectivity index (χ4v) is 3.51. The number of rotatable bonds is 10. The van der Waals surface area contributed by atoms with Crippen molar-refractivity contribution in [3.8, 4) is 0 Å². The Morgan fingerprint density at radius 3 is 2.58 bits per heavy atom. The lowest BCUT2D eigenvalue weighted by Gasteiger charge is -2.21. The summed E-state index contributed by atoms with van der Waals surface area (Å²) >= 11 is 0. The predicted octanol–water partition coefficient (Wildman–Crippen LogP) is 1.65. The van der Waals surface area contributed by atoms with Gasteiger partial charge in [-0.1, -0.05) is 13.8 Å². The van der Waals surface area contributed by atoms with Crippen LogP contribution < -0.4 is 16.4 Å². The Hall–Kier alpha value is -3.17. The van der Waals surface area contributed by atoms with Crippen LogP contribution in [0.4, 0.5) is 4.79 Å². The maximum absolute atomic E-state index is 12.4. The SMILES string of the molecule is CCOC(=O)NC(CNC(=O)CCc1c(C)nc2c(C(N)=O)cnn2c1C)CC(C)C. The standard InChI is InChI=1S/C21H32N6O4/c1-6-31-21(30)26-15(9-12(2)3)10-23-18(28)8-7-16-13(4)25-20-17(19(22)29)11-24-27(20)14(16)5/h11-12,15H,6-10H2,1-5H3,(H2,22,29)(H,23,28)(H,26,30). The molecule has 1 unspecified atom stereocenters. The first-order valence-corrected chi connectivity index (χ1v) is 10.5. The molecule has 2 heterocycles. The minimum Gasteiger partial charge on any atom is -0.450 e. The first kappa shape index (κ1) is 24.1. The van der Waals surface area contributed by atoms with Gasteiger partial charge in [-0.3, -0.25) is 9.59 Å². The maximum Gasteiger partial charge on any atom is 0.407 e. The Labute approximate surface area is 181 Å². The molecule has 2 aromatic heterocycles. The van der Waals surface area contributed by atoms with E-state index < -0.39 is 12.0 Å². The van der Waals surface area contributed by atoms with Crippen molar-refractivity contribution in [2.24, 2.45) is 11.7 Å². The lowest BCUT2D eigenvalue weighted by atomic mass is 10.0. The fourth-order valence-electron chi connectivity index (χ4n) is 3.51. The minimum atomic E-state index is -0.583. The topological polar surface area (TPSA) is 141 Å². The van der Waals surface area contributed by atoms with Crippen LogP contribution in [-0.2, 0) is 16.0 Å². The molecule has 0 aliphatic rings. The number of nitrogens with zero attached hydrogens (tertiary/aromatic N) is 3. The summed E-state index contributed by atoms with van der Waals surface area (Å²) in [6, 6.07) is -0.208. The van der Waals surface area contributed by atoms with Gasteiger partial charge in [0.2, 0.25) is 5.91 Å². The van der Waals surface area contributed by atoms with Gasteiger partial charge >= 0.3 is 6.09 Å². The molecule has 10 heteroatoms. The molecule has 0 aromatic carbocycles. The summed E-state index contributed by atoms with van der Waals surface area (Å²) in [5.41, 5.74) is 8.48. The number of ether oxygens (including phenoxy) is 1. The van der Waals surface area contributed by atoms with Crippen LogP contribution in [0.25, 0.3) is 5.65 Å². The largest absolute Gasteiger partial charge is 0.450 e. The molecular formula is C21H32N6O4. The highest BCUT2D eigenvalue weighted by atomic mass is 16.5. The van der Waals surface area contributed by atoms with Crippen molar-refractivity contribution in [1.82, 2.24) is 25.2 Å². The van der Waals surface area contributed by atoms with Crippen molar-refractivity contribution in [2.45, 2.75) is 59.9 Å². The summed E-state index contributed by atoms with van der Waals surface area (Å²) in [5.74, 6) is -0.358. The van der Waals surface area contributed by atoms with Crippen LogP contribution in [-0.4, -0.2) is 51.7 Å². The third-order valence-electron chi connectivity index (χ3n) is 4.98. The van der Waals surface area contributed by atoms with Gasteiger partial charge in [-0.05, 0) is 45.1 Å². The number of hydrogen-bond acceptors (Lipinski definition) is 6. The van der Waals surface area contributed by atoms with E-state index in [-0.39, 0.29) is 23.9 Å². The van der Waals surface area contributed by atoms with Gasteiger partial charge in [0.05, 0.1) is 12.8 Å². The van der Waals surface area contributed by atoms with E-state index in [1.807, 2.05) is 13.8 Å². The molecule has 0 fully saturated rings. The first-order chi connectivity index (χ1) is 14.6. The molecule has 0 spiro atoms. The molecule has 2 rings (SSSR count). The Bertz CT molecular complexity index is 953. The third-order valence-corrected chi connectivity index (χ3v) is 4.98. The molecule has 3 amide bonds. The molecule has 0 saturated heterocycles. The number of amides is 3. The predicted molar refractivity (Wildman–Crippen MR) is 116 cm³/mol. The van der Waals surface area contributed by atoms with E-state index in [9.17, 15) is 14.4 Å². The van der Waals surface area contributed by atoms with Crippen LogP contribution in [0.15, 0.2) is 6.20 Å². The van der Waals surface area contributed by atoms with Crippen molar-refractivity contribution in [3.63, 3.8) is 0 Å². The van der Waals surface area contributed by atoms with Gasteiger partial charge in [0.15, 0.2) is 5.65 Å². The average Bonchev–Trinajstić information content (AvgIpc) is 3.09. The van der Waals surface area contributed by atoms with Crippen LogP contribution in [0, 0.1) is 19.8 Å². The van der Waals surface area contributed by atoms with Crippen molar-refractivity contribution in [1.29, 1.82) is 0 Å². The van der Waals surface area contributed by atoms with E-state index in [0.29, 0.717) is 31.1 Å². The van der Waals surface area contributed by atoms with Crippen molar-refractivity contribution < 1.29 is 19.1 Å². The second kappa shape index (κ2) is 10.7. The van der Waals surface area contributed by atoms with Gasteiger partial charge in [0, 0.05) is 30.4 Å². The van der Waals surface area contributed by atoms with Crippen molar-refractivity contribution >= 4 is 23.6 Å². The molecule has 0 aliphatic carbocycles. The number of primary amides is 1. The van der Waals surface area contributed by atoms with Gasteiger partial charge in [-0.2, -0.15) is 5.10 Å². The zero-order chi connectivity index (χ0) is 23.1. The lowest BCUT2D eigenvalue weighted by molar-refractivity contribution is -0.121. The smallest absolute Gasteiger partial charge is 0.407 e. The highest BCUT2D eigenvalue weighted by Gasteiger charge is 2.18. The molecule has 0 saturated carbocycles. The van der Waals surface area contributed by atoms with Crippen LogP contribution in [0.3, 0.4) is 0 Å². The van der Waals surface area contributed by atoms with E-state index in [4.69, 9.17) is 10.5 Å². The quantitative estimate of drug-likeness (QED) is 0.521. The monoisotopic (exact) mass is 432 g/mol. The molecule has 31 heavy (non-hydrogen) atoms. The summed E-state index contributed by atoms with van der Waals surface area (Å²) in [6.07, 6.45) is 2.37. The third kappa shape index (κ3) is 6.40. The number of nitrogens with two attached hydrogens (primary N) is 1. The number of carbonyl (C=O) groups excluding carboxylic acids is 3. The molecular weight excluding hydrogens is 400 g/mol. The van der Waals surface area contributed by atoms with Crippen molar-refractivity contribution in [2.75, 3.05) is 13.2 Å². The van der Waals surface area contributed by atoms with E-state index in [1.54, 1.807) is 11.4 Å². The molecule has 0 bridgehead atoms. The van der Waals surface area contributed by atoms with Gasteiger partial charge in [-0.15, -0.1) is 0 Å². The van der Waals surface area contributed by atoms with Crippen LogP contribution in [0.1, 0.15) is 60.9 Å². The summed E-state index contributed by atoms with van der Waals surface area (Å²) in [7, 11) is 0. The summed E-state index contributed by atoms with van der Waals surface area (Å²) in [5, 5.41) is 9.88. The number of hydrogen-bond donors (Lipinski definition) is 3. The lowest BCUT2D eigenvalue weighted by Crippen LogP contribution is -2.44. The highest BCUT2D eigenvalue weighted by molar-refractivity contribution is 5.98. The summed E-state index contributed by atoms with van der Waals surface area (Å²) in [4.78, 5) is 40.2. The fraction of sp³-hybridized carbons (Fsp3) is 0.571. The molecule has 10 nitrogen and oxygen atoms in total. The molecule has 4 N–H and O–H groups in total. The zero-order valence-corrected chi connectivity index (χ0v) is 18.8. The molecule has 2 aromatic rings. The number of alkyl carbamates (subject to hydrolysis) is 1. The Morgan fingerprint density at radius 2 is 1.97 bits per heavy atom. The zero-order valence-electron chi connectivity index (χ0n) is 18.8. The van der Waals surface area contributed by atoms with Crippen LogP contribution in [0.5, 0.6) is 0 Å². The number of carbonyl (C=O) groups is 3. The molecule has 170 valence electrons. The van der Waals surface area contributed by atoms with Gasteiger partial charge < -0.3 is 21.1 Å². The van der Waals surface area contributed by atoms with Gasteiger partial charge in [0.25, 0.3) is 5.91 Å². The summed E-state index contributed by atoms with van der Waals surface area (Å²) in [6.45, 7) is 10.2. The molecule has 0 aliphatic heterocycles. The van der Waals surface area contributed by atoms with Crippen LogP contribution >= 0.6 is 0 Å². The Kier molecular flexibility index (Phi) is 8.35. The van der Waals surface area contributed by atoms with Crippen LogP contribution in [0.2, 0.25) is 0 Å². The maximum atomic E-state index is 12.4. The molecule has 0 radical (unpaired) electrons. The first-order valence-electron chi connectivity index (χ1n) is 10.5. The molecule has 1 atom stereocenters. The average molecular weight is 433 g/mol. The number of aromatic nitrogens is 3.